The molecule has 0 radical (unpaired) electrons. The van der Waals surface area contributed by atoms with Crippen molar-refractivity contribution in [3.05, 3.63) is 12.5 Å². The zero-order chi connectivity index (χ0) is 9.26. The van der Waals surface area contributed by atoms with E-state index in [9.17, 15) is 4.79 Å². The van der Waals surface area contributed by atoms with Gasteiger partial charge in [0.2, 0.25) is 0 Å². The van der Waals surface area contributed by atoms with E-state index in [1.807, 2.05) is 0 Å². The Kier molecular flexibility index (Phi) is 1.66. The van der Waals surface area contributed by atoms with E-state index in [-0.39, 0.29) is 6.01 Å². The van der Waals surface area contributed by atoms with Crippen LogP contribution in [0.15, 0.2) is 12.5 Å². The number of aromatic amines is 1. The molecule has 6 heteroatoms. The standard InChI is InChI=1S/C7H6N4O2/c1-4(12)13-7-10-5-2-8-3-9-6(5)11-7/h2-3H,1H3,(H,8,9,10,11). The average Bonchev–Trinajstić information content (AvgIpc) is 2.44. The summed E-state index contributed by atoms with van der Waals surface area (Å²) in [6.07, 6.45) is 2.93. The molecule has 0 fully saturated rings. The SMILES string of the molecule is CC(=O)Oc1nc2ncncc2[nH]1. The Morgan fingerprint density at radius 2 is 2.46 bits per heavy atom. The molecule has 2 heterocycles. The second-order valence-corrected chi connectivity index (χ2v) is 2.40. The second kappa shape index (κ2) is 2.81. The van der Waals surface area contributed by atoms with Gasteiger partial charge >= 0.3 is 12.0 Å². The van der Waals surface area contributed by atoms with E-state index in [2.05, 4.69) is 19.9 Å². The number of carbonyl (C=O) groups is 1. The Hall–Kier alpha value is -1.98. The van der Waals surface area contributed by atoms with Crippen molar-refractivity contribution in [1.82, 2.24) is 19.9 Å². The first kappa shape index (κ1) is 7.66. The fourth-order valence-corrected chi connectivity index (χ4v) is 0.924. The van der Waals surface area contributed by atoms with Crippen LogP contribution in [-0.2, 0) is 4.79 Å². The molecule has 0 bridgehead atoms. The lowest BCUT2D eigenvalue weighted by Gasteiger charge is -1.91. The summed E-state index contributed by atoms with van der Waals surface area (Å²) in [4.78, 5) is 24.9. The van der Waals surface area contributed by atoms with Gasteiger partial charge in [0.25, 0.3) is 0 Å². The number of fused-ring (bicyclic) bond motifs is 1. The van der Waals surface area contributed by atoms with Crippen molar-refractivity contribution in [3.63, 3.8) is 0 Å². The molecule has 0 aliphatic heterocycles. The van der Waals surface area contributed by atoms with Gasteiger partial charge in [-0.25, -0.2) is 9.97 Å². The monoisotopic (exact) mass is 178 g/mol. The molecule has 2 rings (SSSR count). The lowest BCUT2D eigenvalue weighted by Crippen LogP contribution is -2.02. The van der Waals surface area contributed by atoms with E-state index in [4.69, 9.17) is 4.74 Å². The van der Waals surface area contributed by atoms with Gasteiger partial charge in [0.05, 0.1) is 6.20 Å². The minimum Gasteiger partial charge on any atom is -0.392 e. The smallest absolute Gasteiger partial charge is 0.310 e. The summed E-state index contributed by atoms with van der Waals surface area (Å²) in [5.41, 5.74) is 1.12. The number of H-pyrrole nitrogens is 1. The third kappa shape index (κ3) is 1.46. The van der Waals surface area contributed by atoms with Gasteiger partial charge in [0.1, 0.15) is 11.8 Å². The highest BCUT2D eigenvalue weighted by Crippen LogP contribution is 2.11. The largest absolute Gasteiger partial charge is 0.392 e. The molecule has 0 spiro atoms. The third-order valence-corrected chi connectivity index (χ3v) is 1.38. The fourth-order valence-electron chi connectivity index (χ4n) is 0.924. The van der Waals surface area contributed by atoms with Gasteiger partial charge < -0.3 is 9.72 Å². The molecule has 0 saturated carbocycles. The third-order valence-electron chi connectivity index (χ3n) is 1.38. The van der Waals surface area contributed by atoms with Crippen LogP contribution >= 0.6 is 0 Å². The number of hydrogen-bond donors (Lipinski definition) is 1. The van der Waals surface area contributed by atoms with E-state index in [0.29, 0.717) is 11.2 Å². The predicted octanol–water partition coefficient (Wildman–Crippen LogP) is 0.278. The second-order valence-electron chi connectivity index (χ2n) is 2.40. The van der Waals surface area contributed by atoms with Crippen LogP contribution in [0.4, 0.5) is 0 Å². The molecule has 0 aliphatic rings. The van der Waals surface area contributed by atoms with Gasteiger partial charge in [-0.05, 0) is 0 Å². The summed E-state index contributed by atoms with van der Waals surface area (Å²) in [7, 11) is 0. The van der Waals surface area contributed by atoms with Gasteiger partial charge in [-0.1, -0.05) is 0 Å². The highest BCUT2D eigenvalue weighted by molar-refractivity contribution is 5.72. The molecule has 0 unspecified atom stereocenters. The van der Waals surface area contributed by atoms with Crippen LogP contribution < -0.4 is 4.74 Å². The first-order valence-corrected chi connectivity index (χ1v) is 3.60. The van der Waals surface area contributed by atoms with Crippen LogP contribution in [0.2, 0.25) is 0 Å². The number of nitrogens with one attached hydrogen (secondary N) is 1. The molecule has 1 N–H and O–H groups in total. The Balaban J connectivity index is 2.44. The summed E-state index contributed by atoms with van der Waals surface area (Å²) < 4.78 is 4.73. The topological polar surface area (TPSA) is 80.8 Å². The van der Waals surface area contributed by atoms with Crippen molar-refractivity contribution < 1.29 is 9.53 Å². The zero-order valence-corrected chi connectivity index (χ0v) is 6.81. The molecule has 13 heavy (non-hydrogen) atoms. The predicted molar refractivity (Wildman–Crippen MR) is 43.0 cm³/mol. The normalized spacial score (nSPS) is 10.2. The van der Waals surface area contributed by atoms with E-state index in [1.165, 1.54) is 13.3 Å². The quantitative estimate of drug-likeness (QED) is 0.634. The minimum absolute atomic E-state index is 0.142. The van der Waals surface area contributed by atoms with Crippen molar-refractivity contribution in [1.29, 1.82) is 0 Å². The van der Waals surface area contributed by atoms with E-state index in [0.717, 1.165) is 0 Å². The van der Waals surface area contributed by atoms with E-state index in [1.54, 1.807) is 6.20 Å². The van der Waals surface area contributed by atoms with Gasteiger partial charge in [-0.2, -0.15) is 4.98 Å². The van der Waals surface area contributed by atoms with E-state index < -0.39 is 5.97 Å². The number of esters is 1. The Morgan fingerprint density at radius 1 is 1.62 bits per heavy atom. The molecular formula is C7H6N4O2. The van der Waals surface area contributed by atoms with Crippen LogP contribution in [-0.4, -0.2) is 25.9 Å². The van der Waals surface area contributed by atoms with Crippen LogP contribution in [0.5, 0.6) is 6.01 Å². The summed E-state index contributed by atoms with van der Waals surface area (Å²) in [5.74, 6) is -0.424. The molecular weight excluding hydrogens is 172 g/mol. The summed E-state index contributed by atoms with van der Waals surface area (Å²) in [5, 5.41) is 0. The summed E-state index contributed by atoms with van der Waals surface area (Å²) in [6, 6.07) is 0.142. The average molecular weight is 178 g/mol. The molecule has 0 aliphatic carbocycles. The Bertz CT molecular complexity index is 417. The molecule has 2 aromatic heterocycles. The van der Waals surface area contributed by atoms with E-state index >= 15 is 0 Å². The first-order chi connectivity index (χ1) is 6.25. The maximum Gasteiger partial charge on any atom is 0.310 e. The number of ether oxygens (including phenoxy) is 1. The number of aromatic nitrogens is 4. The van der Waals surface area contributed by atoms with Gasteiger partial charge in [0.15, 0.2) is 5.65 Å². The number of nitrogens with zero attached hydrogens (tertiary/aromatic N) is 3. The summed E-state index contributed by atoms with van der Waals surface area (Å²) in [6.45, 7) is 1.30. The molecule has 0 amide bonds. The fraction of sp³-hybridized carbons (Fsp3) is 0.143. The number of imidazole rings is 1. The highest BCUT2D eigenvalue weighted by atomic mass is 16.5. The van der Waals surface area contributed by atoms with Crippen LogP contribution in [0.3, 0.4) is 0 Å². The molecule has 6 nitrogen and oxygen atoms in total. The maximum absolute atomic E-state index is 10.6. The van der Waals surface area contributed by atoms with Crippen LogP contribution in [0.25, 0.3) is 11.2 Å². The van der Waals surface area contributed by atoms with Crippen LogP contribution in [0, 0.1) is 0 Å². The lowest BCUT2D eigenvalue weighted by molar-refractivity contribution is -0.132. The molecule has 0 aromatic carbocycles. The van der Waals surface area contributed by atoms with Crippen LogP contribution in [0.1, 0.15) is 6.92 Å². The lowest BCUT2D eigenvalue weighted by atomic mass is 10.6. The van der Waals surface area contributed by atoms with Crippen molar-refractivity contribution >= 4 is 17.1 Å². The zero-order valence-electron chi connectivity index (χ0n) is 6.81. The maximum atomic E-state index is 10.6. The van der Waals surface area contributed by atoms with Crippen molar-refractivity contribution in [2.45, 2.75) is 6.92 Å². The Morgan fingerprint density at radius 3 is 3.15 bits per heavy atom. The van der Waals surface area contributed by atoms with Crippen molar-refractivity contribution in [2.24, 2.45) is 0 Å². The highest BCUT2D eigenvalue weighted by Gasteiger charge is 2.05. The van der Waals surface area contributed by atoms with Gasteiger partial charge in [-0.3, -0.25) is 4.79 Å². The number of hydrogen-bond acceptors (Lipinski definition) is 5. The summed E-state index contributed by atoms with van der Waals surface area (Å²) >= 11 is 0. The first-order valence-electron chi connectivity index (χ1n) is 3.60. The Labute approximate surface area is 73.0 Å². The van der Waals surface area contributed by atoms with Gasteiger partial charge in [-0.15, -0.1) is 0 Å². The number of rotatable bonds is 1. The van der Waals surface area contributed by atoms with Crippen molar-refractivity contribution in [2.75, 3.05) is 0 Å². The molecule has 66 valence electrons. The number of carbonyl (C=O) groups excluding carboxylic acids is 1. The van der Waals surface area contributed by atoms with Crippen molar-refractivity contribution in [3.8, 4) is 6.01 Å². The molecule has 0 saturated heterocycles. The molecule has 0 atom stereocenters. The minimum atomic E-state index is -0.424. The van der Waals surface area contributed by atoms with Gasteiger partial charge in [0, 0.05) is 6.92 Å². The molecule has 2 aromatic rings.